The van der Waals surface area contributed by atoms with Gasteiger partial charge in [0.15, 0.2) is 0 Å². The number of hydrogen-bond acceptors (Lipinski definition) is 3. The Morgan fingerprint density at radius 1 is 1.19 bits per heavy atom. The third-order valence-corrected chi connectivity index (χ3v) is 3.45. The van der Waals surface area contributed by atoms with Gasteiger partial charge in [-0.3, -0.25) is 0 Å². The first-order valence-corrected chi connectivity index (χ1v) is 6.82. The van der Waals surface area contributed by atoms with Gasteiger partial charge in [-0.05, 0) is 48.4 Å². The van der Waals surface area contributed by atoms with Crippen molar-refractivity contribution in [1.29, 1.82) is 0 Å². The molecular weight excluding hydrogens is 341 g/mol. The van der Waals surface area contributed by atoms with Crippen molar-refractivity contribution in [2.75, 3.05) is 5.73 Å². The van der Waals surface area contributed by atoms with Crippen LogP contribution in [0.25, 0.3) is 5.57 Å². The molecule has 0 radical (unpaired) electrons. The Bertz CT molecular complexity index is 681. The van der Waals surface area contributed by atoms with Crippen molar-refractivity contribution in [3.05, 3.63) is 69.7 Å². The number of aryl methyl sites for hydroxylation is 1. The SMILES string of the molecule is Cc1ccc(N)c(C(=CC(=O)[O-])c2ccc(Br)cc2)c1.[Na+]. The molecule has 0 spiro atoms. The molecule has 0 saturated heterocycles. The van der Waals surface area contributed by atoms with E-state index in [0.29, 0.717) is 16.8 Å². The summed E-state index contributed by atoms with van der Waals surface area (Å²) in [6, 6.07) is 12.9. The molecular formula is C16H13BrNNaO2. The molecule has 0 heterocycles. The fourth-order valence-corrected chi connectivity index (χ4v) is 2.23. The fourth-order valence-electron chi connectivity index (χ4n) is 1.97. The first-order chi connectivity index (χ1) is 9.47. The molecule has 0 amide bonds. The van der Waals surface area contributed by atoms with Crippen molar-refractivity contribution < 1.29 is 39.5 Å². The Balaban J connectivity index is 0.00000220. The molecule has 2 aromatic rings. The maximum Gasteiger partial charge on any atom is 1.00 e. The first kappa shape index (κ1) is 18.0. The number of carbonyl (C=O) groups excluding carboxylic acids is 1. The first-order valence-electron chi connectivity index (χ1n) is 6.02. The van der Waals surface area contributed by atoms with Gasteiger partial charge in [-0.1, -0.05) is 39.7 Å². The van der Waals surface area contributed by atoms with E-state index in [2.05, 4.69) is 15.9 Å². The van der Waals surface area contributed by atoms with Crippen LogP contribution in [0.1, 0.15) is 16.7 Å². The molecule has 0 bridgehead atoms. The molecule has 0 saturated carbocycles. The molecule has 102 valence electrons. The van der Waals surface area contributed by atoms with Crippen LogP contribution in [0.5, 0.6) is 0 Å². The molecule has 0 fully saturated rings. The van der Waals surface area contributed by atoms with Crippen LogP contribution >= 0.6 is 15.9 Å². The van der Waals surface area contributed by atoms with E-state index in [9.17, 15) is 9.90 Å². The summed E-state index contributed by atoms with van der Waals surface area (Å²) in [6.07, 6.45) is 1.08. The summed E-state index contributed by atoms with van der Waals surface area (Å²) < 4.78 is 0.922. The monoisotopic (exact) mass is 353 g/mol. The zero-order valence-electron chi connectivity index (χ0n) is 11.9. The molecule has 0 aromatic heterocycles. The van der Waals surface area contributed by atoms with Crippen molar-refractivity contribution in [2.24, 2.45) is 0 Å². The van der Waals surface area contributed by atoms with E-state index in [1.54, 1.807) is 6.07 Å². The molecule has 2 rings (SSSR count). The second kappa shape index (κ2) is 7.80. The number of nitrogen functional groups attached to an aromatic ring is 1. The van der Waals surface area contributed by atoms with Gasteiger partial charge in [0.25, 0.3) is 0 Å². The summed E-state index contributed by atoms with van der Waals surface area (Å²) in [6.45, 7) is 1.93. The average Bonchev–Trinajstić information content (AvgIpc) is 2.40. The van der Waals surface area contributed by atoms with E-state index in [0.717, 1.165) is 21.7 Å². The zero-order valence-corrected chi connectivity index (χ0v) is 15.5. The summed E-state index contributed by atoms with van der Waals surface area (Å²) in [5.41, 5.74) is 9.52. The maximum atomic E-state index is 11.0. The Morgan fingerprint density at radius 2 is 1.81 bits per heavy atom. The van der Waals surface area contributed by atoms with Crippen molar-refractivity contribution in [3.8, 4) is 0 Å². The van der Waals surface area contributed by atoms with Gasteiger partial charge in [-0.2, -0.15) is 0 Å². The van der Waals surface area contributed by atoms with Crippen molar-refractivity contribution >= 4 is 33.2 Å². The number of carbonyl (C=O) groups is 1. The van der Waals surface area contributed by atoms with Crippen molar-refractivity contribution in [2.45, 2.75) is 6.92 Å². The van der Waals surface area contributed by atoms with Crippen LogP contribution in [0.15, 0.2) is 53.0 Å². The Morgan fingerprint density at radius 3 is 2.38 bits per heavy atom. The summed E-state index contributed by atoms with van der Waals surface area (Å²) in [4.78, 5) is 11.0. The Hall–Kier alpha value is -1.07. The minimum absolute atomic E-state index is 0. The van der Waals surface area contributed by atoms with E-state index in [1.807, 2.05) is 43.3 Å². The molecule has 21 heavy (non-hydrogen) atoms. The van der Waals surface area contributed by atoms with E-state index in [-0.39, 0.29) is 29.6 Å². The molecule has 0 aliphatic heterocycles. The number of nitrogens with two attached hydrogens (primary N) is 1. The van der Waals surface area contributed by atoms with Gasteiger partial charge in [-0.15, -0.1) is 0 Å². The van der Waals surface area contributed by atoms with Crippen molar-refractivity contribution in [1.82, 2.24) is 0 Å². The number of rotatable bonds is 3. The second-order valence-electron chi connectivity index (χ2n) is 4.47. The molecule has 0 aliphatic rings. The Kier molecular flexibility index (Phi) is 6.68. The second-order valence-corrected chi connectivity index (χ2v) is 5.39. The number of aliphatic carboxylic acids is 1. The largest absolute Gasteiger partial charge is 1.00 e. The molecule has 0 atom stereocenters. The third kappa shape index (κ3) is 4.71. The van der Waals surface area contributed by atoms with Crippen LogP contribution in [0.3, 0.4) is 0 Å². The van der Waals surface area contributed by atoms with E-state index >= 15 is 0 Å². The molecule has 2 N–H and O–H groups in total. The van der Waals surface area contributed by atoms with Crippen LogP contribution in [0.4, 0.5) is 5.69 Å². The van der Waals surface area contributed by atoms with Crippen LogP contribution < -0.4 is 40.4 Å². The number of hydrogen-bond donors (Lipinski definition) is 1. The Labute approximate surface area is 154 Å². The van der Waals surface area contributed by atoms with E-state index in [1.165, 1.54) is 0 Å². The predicted octanol–water partition coefficient (Wildman–Crippen LogP) is -0.475. The van der Waals surface area contributed by atoms with Gasteiger partial charge in [0, 0.05) is 15.7 Å². The number of carboxylic acids is 1. The number of benzene rings is 2. The quantitative estimate of drug-likeness (QED) is 0.460. The third-order valence-electron chi connectivity index (χ3n) is 2.92. The molecule has 2 aromatic carbocycles. The van der Waals surface area contributed by atoms with Crippen LogP contribution in [0, 0.1) is 6.92 Å². The van der Waals surface area contributed by atoms with Gasteiger partial charge >= 0.3 is 29.6 Å². The van der Waals surface area contributed by atoms with Crippen LogP contribution in [-0.4, -0.2) is 5.97 Å². The minimum atomic E-state index is -1.25. The summed E-state index contributed by atoms with van der Waals surface area (Å²) >= 11 is 3.35. The van der Waals surface area contributed by atoms with Gasteiger partial charge in [-0.25, -0.2) is 0 Å². The van der Waals surface area contributed by atoms with Crippen LogP contribution in [0.2, 0.25) is 0 Å². The smallest absolute Gasteiger partial charge is 0.545 e. The topological polar surface area (TPSA) is 66.2 Å². The minimum Gasteiger partial charge on any atom is -0.545 e. The molecule has 3 nitrogen and oxygen atoms in total. The predicted molar refractivity (Wildman–Crippen MR) is 81.8 cm³/mol. The number of carboxylic acid groups (broad SMARTS) is 1. The summed E-state index contributed by atoms with van der Waals surface area (Å²) in [5, 5.41) is 11.0. The molecule has 0 aliphatic carbocycles. The standard InChI is InChI=1S/C16H14BrNO2.Na/c1-10-2-7-15(18)14(8-10)13(9-16(19)20)11-3-5-12(17)6-4-11;/h2-9H,18H2,1H3,(H,19,20);/q;+1/p-1. The number of anilines is 1. The van der Waals surface area contributed by atoms with Gasteiger partial charge < -0.3 is 15.6 Å². The number of halogens is 1. The van der Waals surface area contributed by atoms with E-state index in [4.69, 9.17) is 5.73 Å². The van der Waals surface area contributed by atoms with Gasteiger partial charge in [0.05, 0.1) is 5.97 Å². The van der Waals surface area contributed by atoms with Gasteiger partial charge in [0.1, 0.15) is 0 Å². The van der Waals surface area contributed by atoms with Crippen molar-refractivity contribution in [3.63, 3.8) is 0 Å². The zero-order chi connectivity index (χ0) is 14.7. The van der Waals surface area contributed by atoms with Crippen LogP contribution in [-0.2, 0) is 4.79 Å². The molecule has 5 heteroatoms. The summed E-state index contributed by atoms with van der Waals surface area (Å²) in [5.74, 6) is -1.25. The maximum absolute atomic E-state index is 11.0. The molecule has 0 unspecified atom stereocenters. The average molecular weight is 354 g/mol. The fraction of sp³-hybridized carbons (Fsp3) is 0.0625. The van der Waals surface area contributed by atoms with E-state index < -0.39 is 5.97 Å². The van der Waals surface area contributed by atoms with Gasteiger partial charge in [0.2, 0.25) is 0 Å². The summed E-state index contributed by atoms with van der Waals surface area (Å²) in [7, 11) is 0. The normalized spacial score (nSPS) is 10.9.